The highest BCUT2D eigenvalue weighted by molar-refractivity contribution is 5.79. The molecule has 0 spiro atoms. The summed E-state index contributed by atoms with van der Waals surface area (Å²) in [6, 6.07) is 3.76. The maximum atomic E-state index is 12.8. The van der Waals surface area contributed by atoms with Crippen LogP contribution in [0.3, 0.4) is 0 Å². The Labute approximate surface area is 77.4 Å². The number of halogens is 1. The van der Waals surface area contributed by atoms with Crippen LogP contribution in [0.15, 0.2) is 23.0 Å². The van der Waals surface area contributed by atoms with Crippen molar-refractivity contribution < 1.29 is 9.18 Å². The fraction of sp³-hybridized carbons (Fsp3) is 0. The first-order valence-electron chi connectivity index (χ1n) is 3.85. The number of hydrogen-bond acceptors (Lipinski definition) is 3. The number of nitrogens with zero attached hydrogens (tertiary/aromatic N) is 1. The van der Waals surface area contributed by atoms with Gasteiger partial charge >= 0.3 is 0 Å². The first-order chi connectivity index (χ1) is 6.70. The van der Waals surface area contributed by atoms with Crippen LogP contribution in [0.5, 0.6) is 0 Å². The summed E-state index contributed by atoms with van der Waals surface area (Å²) >= 11 is 0. The second kappa shape index (κ2) is 3.02. The molecule has 5 heteroatoms. The van der Waals surface area contributed by atoms with Crippen molar-refractivity contribution in [3.63, 3.8) is 0 Å². The molecule has 0 aliphatic rings. The lowest BCUT2D eigenvalue weighted by Crippen LogP contribution is -2.14. The molecule has 4 nitrogen and oxygen atoms in total. The first kappa shape index (κ1) is 8.55. The van der Waals surface area contributed by atoms with E-state index in [2.05, 4.69) is 9.97 Å². The molecule has 70 valence electrons. The molecule has 0 aliphatic heterocycles. The van der Waals surface area contributed by atoms with Crippen molar-refractivity contribution in [1.29, 1.82) is 0 Å². The van der Waals surface area contributed by atoms with Gasteiger partial charge in [0.1, 0.15) is 5.82 Å². The lowest BCUT2D eigenvalue weighted by molar-refractivity contribution is 0.111. The third-order valence-corrected chi connectivity index (χ3v) is 1.79. The molecule has 0 bridgehead atoms. The number of hydrogen-bond donors (Lipinski definition) is 1. The molecular formula is C9H5FN2O2. The van der Waals surface area contributed by atoms with Gasteiger partial charge in [-0.15, -0.1) is 0 Å². The largest absolute Gasteiger partial charge is 0.319 e. The molecule has 0 unspecified atom stereocenters. The Hall–Kier alpha value is -2.04. The second-order valence-electron chi connectivity index (χ2n) is 2.73. The molecule has 0 fully saturated rings. The quantitative estimate of drug-likeness (QED) is 0.682. The molecular weight excluding hydrogens is 187 g/mol. The topological polar surface area (TPSA) is 62.8 Å². The summed E-state index contributed by atoms with van der Waals surface area (Å²) in [5.41, 5.74) is -0.157. The van der Waals surface area contributed by atoms with E-state index in [0.29, 0.717) is 11.8 Å². The van der Waals surface area contributed by atoms with E-state index in [1.165, 1.54) is 12.1 Å². The Morgan fingerprint density at radius 2 is 2.21 bits per heavy atom. The summed E-state index contributed by atoms with van der Waals surface area (Å²) in [7, 11) is 0. The van der Waals surface area contributed by atoms with Crippen molar-refractivity contribution in [2.45, 2.75) is 0 Å². The zero-order valence-corrected chi connectivity index (χ0v) is 6.95. The highest BCUT2D eigenvalue weighted by atomic mass is 19.1. The van der Waals surface area contributed by atoms with Crippen molar-refractivity contribution in [2.24, 2.45) is 0 Å². The summed E-state index contributed by atoms with van der Waals surface area (Å²) < 4.78 is 12.8. The van der Waals surface area contributed by atoms with Gasteiger partial charge in [0.25, 0.3) is 5.56 Å². The zero-order valence-electron chi connectivity index (χ0n) is 6.95. The molecule has 1 aromatic heterocycles. The van der Waals surface area contributed by atoms with E-state index in [1.807, 2.05) is 0 Å². The average molecular weight is 192 g/mol. The SMILES string of the molecule is O=Cc1nc2cc(F)ccc2[nH]c1=O. The number of aldehydes is 1. The van der Waals surface area contributed by atoms with Crippen molar-refractivity contribution in [3.05, 3.63) is 40.1 Å². The van der Waals surface area contributed by atoms with Gasteiger partial charge < -0.3 is 4.98 Å². The average Bonchev–Trinajstić information content (AvgIpc) is 2.17. The Morgan fingerprint density at radius 1 is 1.43 bits per heavy atom. The van der Waals surface area contributed by atoms with E-state index in [4.69, 9.17) is 0 Å². The molecule has 1 aromatic carbocycles. The normalized spacial score (nSPS) is 10.4. The standard InChI is InChI=1S/C9H5FN2O2/c10-5-1-2-6-7(3-5)11-8(4-13)9(14)12-6/h1-4H,(H,12,14). The third-order valence-electron chi connectivity index (χ3n) is 1.79. The van der Waals surface area contributed by atoms with Gasteiger partial charge in [-0.05, 0) is 12.1 Å². The summed E-state index contributed by atoms with van der Waals surface area (Å²) in [6.45, 7) is 0. The van der Waals surface area contributed by atoms with E-state index in [-0.39, 0.29) is 11.2 Å². The van der Waals surface area contributed by atoms with Crippen LogP contribution in [0.2, 0.25) is 0 Å². The number of benzene rings is 1. The highest BCUT2D eigenvalue weighted by Gasteiger charge is 2.03. The van der Waals surface area contributed by atoms with Crippen LogP contribution in [0.4, 0.5) is 4.39 Å². The molecule has 0 saturated heterocycles. The number of aromatic amines is 1. The van der Waals surface area contributed by atoms with E-state index in [1.54, 1.807) is 0 Å². The van der Waals surface area contributed by atoms with Crippen molar-refractivity contribution in [1.82, 2.24) is 9.97 Å². The molecule has 14 heavy (non-hydrogen) atoms. The van der Waals surface area contributed by atoms with Gasteiger partial charge in [-0.2, -0.15) is 0 Å². The molecule has 2 rings (SSSR count). The number of aromatic nitrogens is 2. The predicted molar refractivity (Wildman–Crippen MR) is 47.7 cm³/mol. The maximum Gasteiger partial charge on any atom is 0.277 e. The number of fused-ring (bicyclic) bond motifs is 1. The fourth-order valence-electron chi connectivity index (χ4n) is 1.15. The van der Waals surface area contributed by atoms with Crippen LogP contribution in [0, 0.1) is 5.82 Å². The lowest BCUT2D eigenvalue weighted by Gasteiger charge is -1.97. The molecule has 2 aromatic rings. The smallest absolute Gasteiger partial charge is 0.277 e. The van der Waals surface area contributed by atoms with Crippen LogP contribution in [0.25, 0.3) is 11.0 Å². The number of carbonyl (C=O) groups excluding carboxylic acids is 1. The van der Waals surface area contributed by atoms with E-state index < -0.39 is 11.4 Å². The molecule has 0 aliphatic carbocycles. The highest BCUT2D eigenvalue weighted by Crippen LogP contribution is 2.08. The summed E-state index contributed by atoms with van der Waals surface area (Å²) in [5.74, 6) is -0.464. The van der Waals surface area contributed by atoms with Crippen LogP contribution in [-0.4, -0.2) is 16.3 Å². The Kier molecular flexibility index (Phi) is 1.85. The number of nitrogens with one attached hydrogen (secondary N) is 1. The first-order valence-corrected chi connectivity index (χ1v) is 3.85. The number of carbonyl (C=O) groups is 1. The monoisotopic (exact) mass is 192 g/mol. The summed E-state index contributed by atoms with van der Waals surface area (Å²) in [6.07, 6.45) is 0.336. The van der Waals surface area contributed by atoms with Gasteiger partial charge in [0.05, 0.1) is 11.0 Å². The Morgan fingerprint density at radius 3 is 2.93 bits per heavy atom. The third kappa shape index (κ3) is 1.28. The molecule has 1 N–H and O–H groups in total. The van der Waals surface area contributed by atoms with Crippen molar-refractivity contribution >= 4 is 17.3 Å². The molecule has 0 saturated carbocycles. The molecule has 0 atom stereocenters. The van der Waals surface area contributed by atoms with Crippen LogP contribution < -0.4 is 5.56 Å². The summed E-state index contributed by atoms with van der Waals surface area (Å²) in [5, 5.41) is 0. The van der Waals surface area contributed by atoms with E-state index in [0.717, 1.165) is 6.07 Å². The summed E-state index contributed by atoms with van der Waals surface area (Å²) in [4.78, 5) is 27.6. The van der Waals surface area contributed by atoms with Gasteiger partial charge in [0.15, 0.2) is 12.0 Å². The van der Waals surface area contributed by atoms with Crippen molar-refractivity contribution in [3.8, 4) is 0 Å². The number of H-pyrrole nitrogens is 1. The minimum Gasteiger partial charge on any atom is -0.319 e. The van der Waals surface area contributed by atoms with E-state index >= 15 is 0 Å². The van der Waals surface area contributed by atoms with Crippen molar-refractivity contribution in [2.75, 3.05) is 0 Å². The Balaban J connectivity index is 2.86. The minimum absolute atomic E-state index is 0.247. The Bertz CT molecular complexity index is 562. The van der Waals surface area contributed by atoms with Gasteiger partial charge in [-0.1, -0.05) is 0 Å². The zero-order chi connectivity index (χ0) is 10.1. The van der Waals surface area contributed by atoms with Gasteiger partial charge in [-0.3, -0.25) is 9.59 Å². The van der Waals surface area contributed by atoms with Crippen LogP contribution in [0.1, 0.15) is 10.5 Å². The second-order valence-corrected chi connectivity index (χ2v) is 2.73. The maximum absolute atomic E-state index is 12.8. The number of rotatable bonds is 1. The molecule has 1 heterocycles. The van der Waals surface area contributed by atoms with Gasteiger partial charge in [0.2, 0.25) is 0 Å². The van der Waals surface area contributed by atoms with Gasteiger partial charge in [-0.25, -0.2) is 9.37 Å². The fourth-order valence-corrected chi connectivity index (χ4v) is 1.15. The lowest BCUT2D eigenvalue weighted by atomic mass is 10.3. The minimum atomic E-state index is -0.570. The van der Waals surface area contributed by atoms with Crippen LogP contribution in [-0.2, 0) is 0 Å². The predicted octanol–water partition coefficient (Wildman–Crippen LogP) is 0.875. The molecule has 0 radical (unpaired) electrons. The van der Waals surface area contributed by atoms with Gasteiger partial charge in [0, 0.05) is 6.07 Å². The van der Waals surface area contributed by atoms with E-state index in [9.17, 15) is 14.0 Å². The molecule has 0 amide bonds. The van der Waals surface area contributed by atoms with Crippen LogP contribution >= 0.6 is 0 Å².